The predicted molar refractivity (Wildman–Crippen MR) is 76.1 cm³/mol. The summed E-state index contributed by atoms with van der Waals surface area (Å²) in [6, 6.07) is 7.90. The summed E-state index contributed by atoms with van der Waals surface area (Å²) in [4.78, 5) is 10.7. The van der Waals surface area contributed by atoms with E-state index in [1.807, 2.05) is 0 Å². The number of hydrogen-bond acceptors (Lipinski definition) is 2. The molecular formula is C14H22O3Si. The molecule has 0 spiro atoms. The standard InChI is InChI=1S/C14H22O3Si/c1-4-5-10-18(2,3)11-17-13-8-6-12(7-9-13)14(15)16/h6-9H,4-5,10-11H2,1-3H3,(H,15,16). The highest BCUT2D eigenvalue weighted by atomic mass is 28.3. The number of ether oxygens (including phenoxy) is 1. The topological polar surface area (TPSA) is 46.5 Å². The highest BCUT2D eigenvalue weighted by Crippen LogP contribution is 2.17. The first-order valence-corrected chi connectivity index (χ1v) is 9.82. The van der Waals surface area contributed by atoms with Crippen LogP contribution in [-0.2, 0) is 0 Å². The fourth-order valence-electron chi connectivity index (χ4n) is 1.70. The van der Waals surface area contributed by atoms with Crippen molar-refractivity contribution in [3.63, 3.8) is 0 Å². The van der Waals surface area contributed by atoms with Crippen LogP contribution in [0.4, 0.5) is 0 Å². The number of rotatable bonds is 7. The van der Waals surface area contributed by atoms with Crippen LogP contribution in [0.2, 0.25) is 19.1 Å². The number of benzene rings is 1. The molecule has 0 aliphatic rings. The van der Waals surface area contributed by atoms with Crippen molar-refractivity contribution in [1.29, 1.82) is 0 Å². The molecule has 0 heterocycles. The zero-order chi connectivity index (χ0) is 13.6. The molecular weight excluding hydrogens is 244 g/mol. The van der Waals surface area contributed by atoms with Gasteiger partial charge in [0.2, 0.25) is 0 Å². The van der Waals surface area contributed by atoms with Crippen LogP contribution < -0.4 is 4.74 Å². The van der Waals surface area contributed by atoms with Gasteiger partial charge in [-0.05, 0) is 24.3 Å². The second-order valence-electron chi connectivity index (χ2n) is 5.39. The maximum Gasteiger partial charge on any atom is 0.335 e. The summed E-state index contributed by atoms with van der Waals surface area (Å²) in [6.07, 6.45) is 3.28. The zero-order valence-corrected chi connectivity index (χ0v) is 12.4. The first-order valence-electron chi connectivity index (χ1n) is 6.41. The molecule has 18 heavy (non-hydrogen) atoms. The molecule has 3 nitrogen and oxygen atoms in total. The predicted octanol–water partition coefficient (Wildman–Crippen LogP) is 3.81. The largest absolute Gasteiger partial charge is 0.497 e. The second-order valence-corrected chi connectivity index (χ2v) is 10.5. The minimum atomic E-state index is -1.28. The number of carboxylic acid groups (broad SMARTS) is 1. The summed E-state index contributed by atoms with van der Waals surface area (Å²) >= 11 is 0. The monoisotopic (exact) mass is 266 g/mol. The van der Waals surface area contributed by atoms with Crippen molar-refractivity contribution in [3.8, 4) is 5.75 Å². The van der Waals surface area contributed by atoms with Crippen molar-refractivity contribution in [2.75, 3.05) is 6.23 Å². The highest BCUT2D eigenvalue weighted by molar-refractivity contribution is 6.77. The first kappa shape index (κ1) is 14.8. The third kappa shape index (κ3) is 4.92. The van der Waals surface area contributed by atoms with Gasteiger partial charge in [0, 0.05) is 0 Å². The van der Waals surface area contributed by atoms with E-state index < -0.39 is 14.0 Å². The summed E-state index contributed by atoms with van der Waals surface area (Å²) in [6.45, 7) is 6.86. The lowest BCUT2D eigenvalue weighted by Crippen LogP contribution is -2.34. The average Bonchev–Trinajstić information content (AvgIpc) is 2.35. The highest BCUT2D eigenvalue weighted by Gasteiger charge is 2.21. The molecule has 0 saturated carbocycles. The van der Waals surface area contributed by atoms with E-state index in [4.69, 9.17) is 9.84 Å². The van der Waals surface area contributed by atoms with Gasteiger partial charge >= 0.3 is 5.97 Å². The molecule has 100 valence electrons. The van der Waals surface area contributed by atoms with Gasteiger partial charge in [-0.3, -0.25) is 0 Å². The lowest BCUT2D eigenvalue weighted by atomic mass is 10.2. The van der Waals surface area contributed by atoms with Crippen LogP contribution in [-0.4, -0.2) is 25.4 Å². The van der Waals surface area contributed by atoms with Crippen LogP contribution in [0.3, 0.4) is 0 Å². The Bertz CT molecular complexity index is 385. The zero-order valence-electron chi connectivity index (χ0n) is 11.4. The smallest absolute Gasteiger partial charge is 0.335 e. The van der Waals surface area contributed by atoms with Crippen LogP contribution in [0.5, 0.6) is 5.75 Å². The molecule has 0 fully saturated rings. The van der Waals surface area contributed by atoms with E-state index in [-0.39, 0.29) is 0 Å². The third-order valence-electron chi connectivity index (χ3n) is 2.94. The van der Waals surface area contributed by atoms with Crippen LogP contribution in [0.25, 0.3) is 0 Å². The fourth-order valence-corrected chi connectivity index (χ4v) is 3.71. The lowest BCUT2D eigenvalue weighted by molar-refractivity contribution is 0.0697. The number of carboxylic acids is 1. The van der Waals surface area contributed by atoms with Crippen molar-refractivity contribution < 1.29 is 14.6 Å². The van der Waals surface area contributed by atoms with Gasteiger partial charge in [-0.1, -0.05) is 38.9 Å². The van der Waals surface area contributed by atoms with E-state index in [9.17, 15) is 4.79 Å². The Hall–Kier alpha value is -1.29. The van der Waals surface area contributed by atoms with Gasteiger partial charge in [0.1, 0.15) is 5.75 Å². The van der Waals surface area contributed by atoms with E-state index in [0.717, 1.165) is 12.0 Å². The van der Waals surface area contributed by atoms with Crippen molar-refractivity contribution in [2.24, 2.45) is 0 Å². The molecule has 0 bridgehead atoms. The quantitative estimate of drug-likeness (QED) is 0.763. The van der Waals surface area contributed by atoms with Crippen LogP contribution in [0.1, 0.15) is 30.1 Å². The Labute approximate surface area is 110 Å². The molecule has 0 atom stereocenters. The molecule has 0 amide bonds. The van der Waals surface area contributed by atoms with Crippen LogP contribution in [0.15, 0.2) is 24.3 Å². The molecule has 1 N–H and O–H groups in total. The van der Waals surface area contributed by atoms with Crippen molar-refractivity contribution >= 4 is 14.0 Å². The van der Waals surface area contributed by atoms with Gasteiger partial charge in [-0.2, -0.15) is 0 Å². The molecule has 4 heteroatoms. The van der Waals surface area contributed by atoms with Crippen molar-refractivity contribution in [1.82, 2.24) is 0 Å². The SMILES string of the molecule is CCCC[Si](C)(C)COc1ccc(C(=O)O)cc1. The number of hydrogen-bond donors (Lipinski definition) is 1. The van der Waals surface area contributed by atoms with Crippen LogP contribution >= 0.6 is 0 Å². The summed E-state index contributed by atoms with van der Waals surface area (Å²) in [5, 5.41) is 8.80. The first-order chi connectivity index (χ1) is 8.44. The number of carbonyl (C=O) groups is 1. The Balaban J connectivity index is 2.50. The summed E-state index contributed by atoms with van der Waals surface area (Å²) < 4.78 is 5.77. The molecule has 0 saturated heterocycles. The van der Waals surface area contributed by atoms with E-state index in [0.29, 0.717) is 5.56 Å². The molecule has 0 aliphatic carbocycles. The number of unbranched alkanes of at least 4 members (excludes halogenated alkanes) is 1. The van der Waals surface area contributed by atoms with E-state index in [2.05, 4.69) is 20.0 Å². The van der Waals surface area contributed by atoms with Gasteiger partial charge in [-0.25, -0.2) is 4.79 Å². The van der Waals surface area contributed by atoms with Crippen molar-refractivity contribution in [3.05, 3.63) is 29.8 Å². The number of aromatic carboxylic acids is 1. The summed E-state index contributed by atoms with van der Waals surface area (Å²) in [7, 11) is -1.28. The molecule has 1 rings (SSSR count). The Kier molecular flexibility index (Phi) is 5.41. The van der Waals surface area contributed by atoms with Gasteiger partial charge < -0.3 is 9.84 Å². The van der Waals surface area contributed by atoms with Gasteiger partial charge in [0.15, 0.2) is 0 Å². The maximum atomic E-state index is 10.7. The molecule has 0 unspecified atom stereocenters. The molecule has 0 aromatic heterocycles. The minimum absolute atomic E-state index is 0.296. The van der Waals surface area contributed by atoms with E-state index >= 15 is 0 Å². The maximum absolute atomic E-state index is 10.7. The lowest BCUT2D eigenvalue weighted by Gasteiger charge is -2.22. The minimum Gasteiger partial charge on any atom is -0.497 e. The Morgan fingerprint density at radius 2 is 1.89 bits per heavy atom. The Morgan fingerprint density at radius 1 is 1.28 bits per heavy atom. The molecule has 0 aliphatic heterocycles. The van der Waals surface area contributed by atoms with E-state index in [1.54, 1.807) is 24.3 Å². The van der Waals surface area contributed by atoms with Crippen molar-refractivity contribution in [2.45, 2.75) is 38.9 Å². The Morgan fingerprint density at radius 3 is 2.39 bits per heavy atom. The third-order valence-corrected chi connectivity index (χ3v) is 5.57. The molecule has 1 aromatic carbocycles. The average molecular weight is 266 g/mol. The van der Waals surface area contributed by atoms with Gasteiger partial charge in [0.25, 0.3) is 0 Å². The van der Waals surface area contributed by atoms with E-state index in [1.165, 1.54) is 18.9 Å². The van der Waals surface area contributed by atoms with Gasteiger partial charge in [0.05, 0.1) is 19.9 Å². The summed E-state index contributed by atoms with van der Waals surface area (Å²) in [5.74, 6) is -0.142. The molecule has 0 radical (unpaired) electrons. The van der Waals surface area contributed by atoms with Gasteiger partial charge in [-0.15, -0.1) is 0 Å². The molecule has 1 aromatic rings. The normalized spacial score (nSPS) is 11.3. The second kappa shape index (κ2) is 6.59. The van der Waals surface area contributed by atoms with Crippen LogP contribution in [0, 0.1) is 0 Å². The summed E-state index contributed by atoms with van der Waals surface area (Å²) in [5.41, 5.74) is 0.296. The fraction of sp³-hybridized carbons (Fsp3) is 0.500.